The highest BCUT2D eigenvalue weighted by Gasteiger charge is 2.21. The summed E-state index contributed by atoms with van der Waals surface area (Å²) in [6.45, 7) is 7.50. The van der Waals surface area contributed by atoms with Crippen molar-refractivity contribution in [1.29, 1.82) is 0 Å². The van der Waals surface area contributed by atoms with Gasteiger partial charge >= 0.3 is 11.9 Å². The molecule has 0 rings (SSSR count). The van der Waals surface area contributed by atoms with Crippen LogP contribution < -0.4 is 0 Å². The summed E-state index contributed by atoms with van der Waals surface area (Å²) in [5.41, 5.74) is 0. The molecule has 0 saturated heterocycles. The van der Waals surface area contributed by atoms with E-state index in [1.807, 2.05) is 27.7 Å². The van der Waals surface area contributed by atoms with E-state index in [4.69, 9.17) is 10.2 Å². The van der Waals surface area contributed by atoms with Gasteiger partial charge in [-0.1, -0.05) is 39.8 Å². The number of aliphatic carboxylic acids is 2. The fraction of sp³-hybridized carbons (Fsp3) is 0.714. The summed E-state index contributed by atoms with van der Waals surface area (Å²) in [5, 5.41) is 18.0. The summed E-state index contributed by atoms with van der Waals surface area (Å²) in [6.07, 6.45) is 4.49. The largest absolute Gasteiger partial charge is 0.481 e. The predicted octanol–water partition coefficient (Wildman–Crippen LogP) is 3.04. The summed E-state index contributed by atoms with van der Waals surface area (Å²) in [4.78, 5) is 21.9. The molecule has 0 amide bonds. The normalized spacial score (nSPS) is 15.2. The number of carbonyl (C=O) groups is 2. The van der Waals surface area contributed by atoms with E-state index >= 15 is 0 Å². The van der Waals surface area contributed by atoms with Crippen LogP contribution in [-0.2, 0) is 9.59 Å². The molecular formula is C14H24O4. The molecule has 0 unspecified atom stereocenters. The molecule has 2 N–H and O–H groups in total. The molecule has 0 aliphatic heterocycles. The van der Waals surface area contributed by atoms with Crippen LogP contribution in [0.3, 0.4) is 0 Å². The Bertz CT molecular complexity index is 275. The molecule has 0 spiro atoms. The quantitative estimate of drug-likeness (QED) is 0.654. The molecule has 104 valence electrons. The minimum Gasteiger partial charge on any atom is -0.481 e. The Morgan fingerprint density at radius 2 is 1.11 bits per heavy atom. The van der Waals surface area contributed by atoms with Crippen LogP contribution in [0, 0.1) is 23.7 Å². The third-order valence-electron chi connectivity index (χ3n) is 3.19. The van der Waals surface area contributed by atoms with Crippen LogP contribution in [0.1, 0.15) is 40.5 Å². The smallest absolute Gasteiger partial charge is 0.307 e. The van der Waals surface area contributed by atoms with Crippen molar-refractivity contribution in [2.75, 3.05) is 0 Å². The Hall–Kier alpha value is -1.32. The number of allylic oxidation sites excluding steroid dienone is 2. The first-order valence-corrected chi connectivity index (χ1v) is 6.38. The minimum atomic E-state index is -0.798. The predicted molar refractivity (Wildman–Crippen MR) is 70.3 cm³/mol. The Balaban J connectivity index is 4.32. The van der Waals surface area contributed by atoms with E-state index in [2.05, 4.69) is 0 Å². The maximum atomic E-state index is 11.0. The van der Waals surface area contributed by atoms with E-state index < -0.39 is 23.8 Å². The second kappa shape index (κ2) is 7.90. The summed E-state index contributed by atoms with van der Waals surface area (Å²) in [6, 6.07) is 0. The first-order chi connectivity index (χ1) is 8.27. The van der Waals surface area contributed by atoms with E-state index in [1.54, 1.807) is 12.2 Å². The van der Waals surface area contributed by atoms with Crippen molar-refractivity contribution in [2.45, 2.75) is 40.5 Å². The van der Waals surface area contributed by atoms with E-state index in [1.165, 1.54) is 0 Å². The number of carboxylic acids is 2. The van der Waals surface area contributed by atoms with Crippen molar-refractivity contribution in [3.63, 3.8) is 0 Å². The number of rotatable bonds is 8. The molecule has 2 atom stereocenters. The molecule has 4 heteroatoms. The first-order valence-electron chi connectivity index (χ1n) is 6.38. The van der Waals surface area contributed by atoms with Gasteiger partial charge in [-0.25, -0.2) is 0 Å². The van der Waals surface area contributed by atoms with Crippen LogP contribution in [0.25, 0.3) is 0 Å². The van der Waals surface area contributed by atoms with Crippen molar-refractivity contribution in [1.82, 2.24) is 0 Å². The zero-order valence-electron chi connectivity index (χ0n) is 11.6. The van der Waals surface area contributed by atoms with Gasteiger partial charge in [-0.2, -0.15) is 0 Å². The molecule has 0 bridgehead atoms. The summed E-state index contributed by atoms with van der Waals surface area (Å²) >= 11 is 0. The van der Waals surface area contributed by atoms with Crippen molar-refractivity contribution >= 4 is 11.9 Å². The zero-order chi connectivity index (χ0) is 14.3. The van der Waals surface area contributed by atoms with Crippen LogP contribution in [0.4, 0.5) is 0 Å². The number of hydrogen-bond donors (Lipinski definition) is 2. The van der Waals surface area contributed by atoms with Crippen molar-refractivity contribution in [2.24, 2.45) is 23.7 Å². The van der Waals surface area contributed by atoms with Gasteiger partial charge in [0.15, 0.2) is 0 Å². The molecule has 0 fully saturated rings. The fourth-order valence-electron chi connectivity index (χ4n) is 1.80. The minimum absolute atomic E-state index is 0.0764. The molecule has 0 aromatic heterocycles. The van der Waals surface area contributed by atoms with Gasteiger partial charge in [0.25, 0.3) is 0 Å². The average Bonchev–Trinajstić information content (AvgIpc) is 2.20. The molecule has 0 radical (unpaired) electrons. The van der Waals surface area contributed by atoms with Gasteiger partial charge in [-0.05, 0) is 24.7 Å². The van der Waals surface area contributed by atoms with Gasteiger partial charge in [-0.15, -0.1) is 0 Å². The molecule has 4 nitrogen and oxygen atoms in total. The van der Waals surface area contributed by atoms with Gasteiger partial charge in [0.1, 0.15) is 0 Å². The van der Waals surface area contributed by atoms with Gasteiger partial charge < -0.3 is 10.2 Å². The van der Waals surface area contributed by atoms with Gasteiger partial charge in [0, 0.05) is 0 Å². The second-order valence-corrected chi connectivity index (χ2v) is 5.32. The topological polar surface area (TPSA) is 74.6 Å². The highest BCUT2D eigenvalue weighted by Crippen LogP contribution is 2.19. The van der Waals surface area contributed by atoms with Gasteiger partial charge in [-0.3, -0.25) is 9.59 Å². The van der Waals surface area contributed by atoms with Crippen LogP contribution in [0.15, 0.2) is 12.2 Å². The lowest BCUT2D eigenvalue weighted by Gasteiger charge is -2.15. The lowest BCUT2D eigenvalue weighted by molar-refractivity contribution is -0.144. The molecule has 0 aromatic rings. The molecule has 0 heterocycles. The van der Waals surface area contributed by atoms with Crippen LogP contribution in [-0.4, -0.2) is 22.2 Å². The molecule has 0 aromatic carbocycles. The Morgan fingerprint density at radius 3 is 1.28 bits per heavy atom. The van der Waals surface area contributed by atoms with Gasteiger partial charge in [0.2, 0.25) is 0 Å². The third-order valence-corrected chi connectivity index (χ3v) is 3.19. The second-order valence-electron chi connectivity index (χ2n) is 5.32. The summed E-state index contributed by atoms with van der Waals surface area (Å²) < 4.78 is 0. The van der Waals surface area contributed by atoms with E-state index in [0.717, 1.165) is 0 Å². The van der Waals surface area contributed by atoms with Crippen molar-refractivity contribution in [3.05, 3.63) is 12.2 Å². The van der Waals surface area contributed by atoms with Crippen molar-refractivity contribution < 1.29 is 19.8 Å². The standard InChI is InChI=1S/C14H24O4/c1-9(2)11(13(15)16)7-5-6-8-12(10(3)4)14(17)18/h5-6,9-12H,7-8H2,1-4H3,(H,15,16)(H,17,18)/b6-5+/t11-,12-/m1/s1. The first kappa shape index (κ1) is 16.7. The number of carboxylic acid groups (broad SMARTS) is 2. The maximum absolute atomic E-state index is 11.0. The molecule has 18 heavy (non-hydrogen) atoms. The summed E-state index contributed by atoms with van der Waals surface area (Å²) in [5.74, 6) is -2.24. The zero-order valence-corrected chi connectivity index (χ0v) is 11.6. The Kier molecular flexibility index (Phi) is 7.32. The van der Waals surface area contributed by atoms with Crippen LogP contribution in [0.5, 0.6) is 0 Å². The van der Waals surface area contributed by atoms with Gasteiger partial charge in [0.05, 0.1) is 11.8 Å². The summed E-state index contributed by atoms with van der Waals surface area (Å²) in [7, 11) is 0. The lowest BCUT2D eigenvalue weighted by Crippen LogP contribution is -2.19. The van der Waals surface area contributed by atoms with Crippen LogP contribution >= 0.6 is 0 Å². The van der Waals surface area contributed by atoms with Crippen molar-refractivity contribution in [3.8, 4) is 0 Å². The maximum Gasteiger partial charge on any atom is 0.307 e. The average molecular weight is 256 g/mol. The van der Waals surface area contributed by atoms with E-state index in [9.17, 15) is 9.59 Å². The highest BCUT2D eigenvalue weighted by molar-refractivity contribution is 5.71. The molecule has 0 aliphatic rings. The number of hydrogen-bond acceptors (Lipinski definition) is 2. The Labute approximate surface area is 109 Å². The molecule has 0 aliphatic carbocycles. The lowest BCUT2D eigenvalue weighted by atomic mass is 9.90. The molecular weight excluding hydrogens is 232 g/mol. The fourth-order valence-corrected chi connectivity index (χ4v) is 1.80. The van der Waals surface area contributed by atoms with E-state index in [0.29, 0.717) is 12.8 Å². The Morgan fingerprint density at radius 1 is 0.833 bits per heavy atom. The monoisotopic (exact) mass is 256 g/mol. The highest BCUT2D eigenvalue weighted by atomic mass is 16.4. The molecule has 0 saturated carbocycles. The third kappa shape index (κ3) is 5.84. The van der Waals surface area contributed by atoms with E-state index in [-0.39, 0.29) is 11.8 Å². The SMILES string of the molecule is CC(C)[C@@H](C/C=C/C[C@@H](C(=O)O)C(C)C)C(=O)O. The van der Waals surface area contributed by atoms with Crippen LogP contribution in [0.2, 0.25) is 0 Å².